The fourth-order valence-electron chi connectivity index (χ4n) is 5.91. The van der Waals surface area contributed by atoms with Crippen molar-refractivity contribution in [2.75, 3.05) is 4.90 Å². The fourth-order valence-corrected chi connectivity index (χ4v) is 5.91. The summed E-state index contributed by atoms with van der Waals surface area (Å²) in [6, 6.07) is 51.2. The van der Waals surface area contributed by atoms with Crippen LogP contribution >= 0.6 is 0 Å². The predicted molar refractivity (Wildman–Crippen MR) is 175 cm³/mol. The average molecular weight is 539 g/mol. The third kappa shape index (κ3) is 4.11. The van der Waals surface area contributed by atoms with Crippen LogP contribution in [-0.4, -0.2) is 4.98 Å². The molecule has 6 aromatic carbocycles. The summed E-state index contributed by atoms with van der Waals surface area (Å²) in [6.07, 6.45) is 3.71. The first-order chi connectivity index (χ1) is 20.8. The standard InChI is InChI=1S/C39H26N2O/c1-3-8-27(9-4-1)29-14-19-32(20-15-29)41(33-21-16-30(17-22-33)28-10-5-2-6-11-28)36-12-7-13-37-38(36)35-23-18-31-26-40-25-24-34(31)39(35)42-37/h1-26H. The average Bonchev–Trinajstić information content (AvgIpc) is 3.47. The quantitative estimate of drug-likeness (QED) is 0.218. The summed E-state index contributed by atoms with van der Waals surface area (Å²) >= 11 is 0. The van der Waals surface area contributed by atoms with Crippen molar-refractivity contribution in [3.8, 4) is 22.3 Å². The van der Waals surface area contributed by atoms with Gasteiger partial charge < -0.3 is 9.32 Å². The van der Waals surface area contributed by atoms with Crippen LogP contribution in [0.25, 0.3) is 55.0 Å². The molecule has 0 aliphatic heterocycles. The molecule has 8 aromatic rings. The highest BCUT2D eigenvalue weighted by Gasteiger charge is 2.20. The van der Waals surface area contributed by atoms with Gasteiger partial charge in [-0.05, 0) is 70.8 Å². The van der Waals surface area contributed by atoms with Gasteiger partial charge in [0.1, 0.15) is 11.2 Å². The van der Waals surface area contributed by atoms with Gasteiger partial charge >= 0.3 is 0 Å². The first kappa shape index (κ1) is 24.2. The lowest BCUT2D eigenvalue weighted by molar-refractivity contribution is 0.672. The van der Waals surface area contributed by atoms with Gasteiger partial charge in [0.2, 0.25) is 0 Å². The monoisotopic (exact) mass is 538 g/mol. The molecule has 0 aliphatic carbocycles. The SMILES string of the molecule is c1ccc(-c2ccc(N(c3ccc(-c4ccccc4)cc3)c3cccc4oc5c6ccncc6ccc5c34)cc2)cc1. The zero-order chi connectivity index (χ0) is 27.9. The van der Waals surface area contributed by atoms with Crippen LogP contribution in [-0.2, 0) is 0 Å². The minimum atomic E-state index is 0.860. The Labute approximate surface area is 243 Å². The van der Waals surface area contributed by atoms with Crippen LogP contribution in [0.5, 0.6) is 0 Å². The molecule has 0 aliphatic rings. The largest absolute Gasteiger partial charge is 0.455 e. The van der Waals surface area contributed by atoms with Gasteiger partial charge in [-0.25, -0.2) is 0 Å². The molecule has 0 amide bonds. The maximum absolute atomic E-state index is 6.53. The molecule has 8 rings (SSSR count). The second kappa shape index (κ2) is 10.1. The van der Waals surface area contributed by atoms with Gasteiger partial charge in [0, 0.05) is 39.9 Å². The van der Waals surface area contributed by atoms with Gasteiger partial charge in [-0.2, -0.15) is 0 Å². The van der Waals surface area contributed by atoms with Crippen molar-refractivity contribution < 1.29 is 4.42 Å². The lowest BCUT2D eigenvalue weighted by Gasteiger charge is -2.26. The summed E-state index contributed by atoms with van der Waals surface area (Å²) in [7, 11) is 0. The van der Waals surface area contributed by atoms with Crippen LogP contribution in [0, 0.1) is 0 Å². The molecular weight excluding hydrogens is 512 g/mol. The van der Waals surface area contributed by atoms with Crippen LogP contribution < -0.4 is 4.90 Å². The second-order valence-electron chi connectivity index (χ2n) is 10.5. The van der Waals surface area contributed by atoms with Gasteiger partial charge in [-0.3, -0.25) is 4.98 Å². The van der Waals surface area contributed by atoms with E-state index < -0.39 is 0 Å². The molecule has 0 unspecified atom stereocenters. The minimum Gasteiger partial charge on any atom is -0.455 e. The van der Waals surface area contributed by atoms with E-state index in [9.17, 15) is 0 Å². The molecule has 2 heterocycles. The van der Waals surface area contributed by atoms with E-state index in [0.29, 0.717) is 0 Å². The Morgan fingerprint density at radius 1 is 0.476 bits per heavy atom. The van der Waals surface area contributed by atoms with E-state index in [0.717, 1.165) is 49.8 Å². The summed E-state index contributed by atoms with van der Waals surface area (Å²) < 4.78 is 6.53. The molecule has 0 atom stereocenters. The predicted octanol–water partition coefficient (Wildman–Crippen LogP) is 10.9. The number of nitrogens with zero attached hydrogens (tertiary/aromatic N) is 2. The maximum atomic E-state index is 6.53. The zero-order valence-electron chi connectivity index (χ0n) is 22.8. The minimum absolute atomic E-state index is 0.860. The number of rotatable bonds is 5. The van der Waals surface area contributed by atoms with E-state index in [-0.39, 0.29) is 0 Å². The summed E-state index contributed by atoms with van der Waals surface area (Å²) in [6.45, 7) is 0. The number of pyridine rings is 1. The number of hydrogen-bond donors (Lipinski definition) is 0. The highest BCUT2D eigenvalue weighted by molar-refractivity contribution is 6.19. The highest BCUT2D eigenvalue weighted by Crippen LogP contribution is 2.44. The molecule has 0 saturated carbocycles. The van der Waals surface area contributed by atoms with Crippen LogP contribution in [0.3, 0.4) is 0 Å². The van der Waals surface area contributed by atoms with Crippen LogP contribution in [0.1, 0.15) is 0 Å². The molecular formula is C39H26N2O. The van der Waals surface area contributed by atoms with Crippen LogP contribution in [0.15, 0.2) is 162 Å². The van der Waals surface area contributed by atoms with Gasteiger partial charge in [0.25, 0.3) is 0 Å². The van der Waals surface area contributed by atoms with Crippen molar-refractivity contribution in [3.05, 3.63) is 158 Å². The highest BCUT2D eigenvalue weighted by atomic mass is 16.3. The van der Waals surface area contributed by atoms with E-state index in [4.69, 9.17) is 4.42 Å². The van der Waals surface area contributed by atoms with Crippen molar-refractivity contribution in [2.24, 2.45) is 0 Å². The number of hydrogen-bond acceptors (Lipinski definition) is 3. The van der Waals surface area contributed by atoms with Crippen molar-refractivity contribution in [1.29, 1.82) is 0 Å². The van der Waals surface area contributed by atoms with E-state index in [1.165, 1.54) is 22.3 Å². The first-order valence-electron chi connectivity index (χ1n) is 14.1. The third-order valence-electron chi connectivity index (χ3n) is 7.96. The number of benzene rings is 6. The Kier molecular flexibility index (Phi) is 5.79. The molecule has 0 spiro atoms. The number of furan rings is 1. The fraction of sp³-hybridized carbons (Fsp3) is 0. The molecule has 3 heteroatoms. The topological polar surface area (TPSA) is 29.3 Å². The summed E-state index contributed by atoms with van der Waals surface area (Å²) in [4.78, 5) is 6.64. The molecule has 2 aromatic heterocycles. The molecule has 0 radical (unpaired) electrons. The van der Waals surface area contributed by atoms with E-state index in [1.54, 1.807) is 0 Å². The van der Waals surface area contributed by atoms with Crippen molar-refractivity contribution in [3.63, 3.8) is 0 Å². The van der Waals surface area contributed by atoms with E-state index in [1.807, 2.05) is 30.6 Å². The normalized spacial score (nSPS) is 11.3. The maximum Gasteiger partial charge on any atom is 0.143 e. The summed E-state index contributed by atoms with van der Waals surface area (Å²) in [5, 5.41) is 4.31. The Bertz CT molecular complexity index is 2080. The summed E-state index contributed by atoms with van der Waals surface area (Å²) in [5.74, 6) is 0. The number of aromatic nitrogens is 1. The zero-order valence-corrected chi connectivity index (χ0v) is 22.8. The Hall–Kier alpha value is -5.67. The molecule has 3 nitrogen and oxygen atoms in total. The third-order valence-corrected chi connectivity index (χ3v) is 7.96. The first-order valence-corrected chi connectivity index (χ1v) is 14.1. The molecule has 0 bridgehead atoms. The molecule has 42 heavy (non-hydrogen) atoms. The van der Waals surface area contributed by atoms with Gasteiger partial charge in [-0.1, -0.05) is 97.1 Å². The van der Waals surface area contributed by atoms with Gasteiger partial charge in [0.05, 0.1) is 11.1 Å². The molecule has 0 saturated heterocycles. The Balaban J connectivity index is 1.33. The smallest absolute Gasteiger partial charge is 0.143 e. The van der Waals surface area contributed by atoms with Crippen LogP contribution in [0.4, 0.5) is 17.1 Å². The van der Waals surface area contributed by atoms with Gasteiger partial charge in [-0.15, -0.1) is 0 Å². The number of fused-ring (bicyclic) bond motifs is 5. The lowest BCUT2D eigenvalue weighted by Crippen LogP contribution is -2.10. The van der Waals surface area contributed by atoms with Crippen molar-refractivity contribution >= 4 is 49.8 Å². The molecule has 198 valence electrons. The molecule has 0 fully saturated rings. The summed E-state index contributed by atoms with van der Waals surface area (Å²) in [5.41, 5.74) is 9.74. The van der Waals surface area contributed by atoms with Crippen molar-refractivity contribution in [1.82, 2.24) is 4.98 Å². The molecule has 0 N–H and O–H groups in total. The Morgan fingerprint density at radius 3 is 1.69 bits per heavy atom. The second-order valence-corrected chi connectivity index (χ2v) is 10.5. The van der Waals surface area contributed by atoms with Gasteiger partial charge in [0.15, 0.2) is 0 Å². The van der Waals surface area contributed by atoms with Crippen LogP contribution in [0.2, 0.25) is 0 Å². The number of anilines is 3. The van der Waals surface area contributed by atoms with E-state index >= 15 is 0 Å². The van der Waals surface area contributed by atoms with Crippen molar-refractivity contribution in [2.45, 2.75) is 0 Å². The Morgan fingerprint density at radius 2 is 1.07 bits per heavy atom. The lowest BCUT2D eigenvalue weighted by atomic mass is 10.0. The van der Waals surface area contributed by atoms with E-state index in [2.05, 4.69) is 137 Å².